The number of hydrogen-bond acceptors (Lipinski definition) is 6. The number of nitrogens with zero attached hydrogens (tertiary/aromatic N) is 2. The van der Waals surface area contributed by atoms with E-state index < -0.39 is 5.91 Å². The average Bonchev–Trinajstić information content (AvgIpc) is 2.57. The molecule has 0 atom stereocenters. The molecule has 0 unspecified atom stereocenters. The van der Waals surface area contributed by atoms with Crippen LogP contribution in [0.25, 0.3) is 10.9 Å². The summed E-state index contributed by atoms with van der Waals surface area (Å²) in [5.74, 6) is -0.798. The second-order valence-electron chi connectivity index (χ2n) is 4.96. The van der Waals surface area contributed by atoms with Crippen molar-refractivity contribution in [2.45, 2.75) is 25.0 Å². The molecule has 1 aromatic carbocycles. The zero-order valence-corrected chi connectivity index (χ0v) is 13.9. The molecule has 0 fully saturated rings. The fraction of sp³-hybridized carbons (Fsp3) is 0.333. The van der Waals surface area contributed by atoms with Gasteiger partial charge in [0.1, 0.15) is 0 Å². The number of aliphatic hydroxyl groups excluding tert-OH is 1. The third-order valence-corrected chi connectivity index (χ3v) is 4.05. The third kappa shape index (κ3) is 4.56. The van der Waals surface area contributed by atoms with Crippen LogP contribution in [0, 0.1) is 0 Å². The van der Waals surface area contributed by atoms with Crippen molar-refractivity contribution in [1.29, 1.82) is 0 Å². The molecule has 128 valence electrons. The maximum Gasteiger partial charge on any atom is 0.262 e. The molecule has 0 aliphatic rings. The Balaban J connectivity index is 2.25. The largest absolute Gasteiger partial charge is 0.396 e. The summed E-state index contributed by atoms with van der Waals surface area (Å²) in [4.78, 5) is 39.5. The SMILES string of the molecule is CC(=O)NNC(=O)CSc1nc2ccccc2c(=O)n1CCCO. The highest BCUT2D eigenvalue weighted by Gasteiger charge is 2.13. The van der Waals surface area contributed by atoms with Gasteiger partial charge in [0.05, 0.1) is 16.7 Å². The van der Waals surface area contributed by atoms with Gasteiger partial charge in [-0.25, -0.2) is 4.98 Å². The van der Waals surface area contributed by atoms with E-state index in [0.29, 0.717) is 29.0 Å². The first-order chi connectivity index (χ1) is 11.5. The normalized spacial score (nSPS) is 10.6. The molecule has 0 spiro atoms. The number of carbonyl (C=O) groups is 2. The minimum atomic E-state index is -0.411. The van der Waals surface area contributed by atoms with E-state index in [1.54, 1.807) is 24.3 Å². The van der Waals surface area contributed by atoms with Gasteiger partial charge in [-0.2, -0.15) is 0 Å². The van der Waals surface area contributed by atoms with Crippen LogP contribution in [0.1, 0.15) is 13.3 Å². The van der Waals surface area contributed by atoms with E-state index in [-0.39, 0.29) is 23.8 Å². The van der Waals surface area contributed by atoms with Crippen molar-refractivity contribution in [3.8, 4) is 0 Å². The van der Waals surface area contributed by atoms with Crippen molar-refractivity contribution in [2.24, 2.45) is 0 Å². The Morgan fingerprint density at radius 3 is 2.75 bits per heavy atom. The minimum Gasteiger partial charge on any atom is -0.396 e. The number of aliphatic hydroxyl groups is 1. The molecular formula is C15H18N4O4S. The number of nitrogens with one attached hydrogen (secondary N) is 2. The molecule has 0 radical (unpaired) electrons. The first-order valence-electron chi connectivity index (χ1n) is 7.31. The fourth-order valence-electron chi connectivity index (χ4n) is 2.01. The predicted molar refractivity (Wildman–Crippen MR) is 90.4 cm³/mol. The monoisotopic (exact) mass is 350 g/mol. The van der Waals surface area contributed by atoms with Crippen LogP contribution in [-0.4, -0.2) is 38.8 Å². The van der Waals surface area contributed by atoms with Crippen LogP contribution in [0.5, 0.6) is 0 Å². The Kier molecular flexibility index (Phi) is 6.33. The number of benzene rings is 1. The molecule has 2 aromatic rings. The van der Waals surface area contributed by atoms with Gasteiger partial charge in [-0.05, 0) is 18.6 Å². The number of hydrazine groups is 1. The van der Waals surface area contributed by atoms with Crippen LogP contribution in [-0.2, 0) is 16.1 Å². The molecular weight excluding hydrogens is 332 g/mol. The molecule has 3 N–H and O–H groups in total. The van der Waals surface area contributed by atoms with Gasteiger partial charge in [0.15, 0.2) is 5.16 Å². The predicted octanol–water partition coefficient (Wildman–Crippen LogP) is 0.0383. The minimum absolute atomic E-state index is 0.00974. The van der Waals surface area contributed by atoms with Crippen molar-refractivity contribution in [3.05, 3.63) is 34.6 Å². The summed E-state index contributed by atoms with van der Waals surface area (Å²) < 4.78 is 1.45. The van der Waals surface area contributed by atoms with Gasteiger partial charge in [-0.15, -0.1) is 0 Å². The molecule has 8 nitrogen and oxygen atoms in total. The third-order valence-electron chi connectivity index (χ3n) is 3.08. The topological polar surface area (TPSA) is 113 Å². The standard InChI is InChI=1S/C15H18N4O4S/c1-10(21)17-18-13(22)9-24-15-16-12-6-3-2-5-11(12)14(23)19(15)7-4-8-20/h2-3,5-6,20H,4,7-9H2,1H3,(H,17,21)(H,18,22). The Morgan fingerprint density at radius 1 is 1.29 bits per heavy atom. The lowest BCUT2D eigenvalue weighted by atomic mass is 10.2. The molecule has 1 aromatic heterocycles. The van der Waals surface area contributed by atoms with Crippen molar-refractivity contribution in [3.63, 3.8) is 0 Å². The summed E-state index contributed by atoms with van der Waals surface area (Å²) in [7, 11) is 0. The first-order valence-corrected chi connectivity index (χ1v) is 8.30. The van der Waals surface area contributed by atoms with Gasteiger partial charge in [0, 0.05) is 20.1 Å². The quantitative estimate of drug-likeness (QED) is 0.385. The van der Waals surface area contributed by atoms with Crippen LogP contribution < -0.4 is 16.4 Å². The van der Waals surface area contributed by atoms with Crippen LogP contribution in [0.3, 0.4) is 0 Å². The smallest absolute Gasteiger partial charge is 0.262 e. The molecule has 0 saturated heterocycles. The summed E-state index contributed by atoms with van der Waals surface area (Å²) in [6.45, 7) is 1.54. The van der Waals surface area contributed by atoms with Crippen molar-refractivity contribution >= 4 is 34.5 Å². The summed E-state index contributed by atoms with van der Waals surface area (Å²) >= 11 is 1.09. The van der Waals surface area contributed by atoms with E-state index in [0.717, 1.165) is 11.8 Å². The zero-order chi connectivity index (χ0) is 17.5. The van der Waals surface area contributed by atoms with Gasteiger partial charge in [0.25, 0.3) is 5.56 Å². The maximum atomic E-state index is 12.6. The number of fused-ring (bicyclic) bond motifs is 1. The van der Waals surface area contributed by atoms with Crippen LogP contribution in [0.2, 0.25) is 0 Å². The molecule has 24 heavy (non-hydrogen) atoms. The lowest BCUT2D eigenvalue weighted by molar-refractivity contribution is -0.126. The van der Waals surface area contributed by atoms with Crippen molar-refractivity contribution in [2.75, 3.05) is 12.4 Å². The number of carbonyl (C=O) groups excluding carboxylic acids is 2. The summed E-state index contributed by atoms with van der Waals surface area (Å²) in [5, 5.41) is 9.90. The van der Waals surface area contributed by atoms with Gasteiger partial charge in [0.2, 0.25) is 11.8 Å². The second-order valence-corrected chi connectivity index (χ2v) is 5.91. The average molecular weight is 350 g/mol. The van der Waals surface area contributed by atoms with Gasteiger partial charge in [-0.3, -0.25) is 29.8 Å². The Hall–Kier alpha value is -2.39. The lowest BCUT2D eigenvalue weighted by Gasteiger charge is -2.12. The molecule has 2 amide bonds. The highest BCUT2D eigenvalue weighted by molar-refractivity contribution is 7.99. The Labute approximate surface area is 142 Å². The Bertz CT molecular complexity index is 806. The molecule has 0 aliphatic carbocycles. The fourth-order valence-corrected chi connectivity index (χ4v) is 2.83. The Morgan fingerprint density at radius 2 is 2.04 bits per heavy atom. The summed E-state index contributed by atoms with van der Waals surface area (Å²) in [6.07, 6.45) is 0.408. The first kappa shape index (κ1) is 18.0. The van der Waals surface area contributed by atoms with E-state index in [2.05, 4.69) is 15.8 Å². The van der Waals surface area contributed by atoms with Crippen LogP contribution in [0.4, 0.5) is 0 Å². The number of aromatic nitrogens is 2. The maximum absolute atomic E-state index is 12.6. The van der Waals surface area contributed by atoms with Crippen molar-refractivity contribution in [1.82, 2.24) is 20.4 Å². The molecule has 0 saturated carbocycles. The van der Waals surface area contributed by atoms with Crippen LogP contribution in [0.15, 0.2) is 34.2 Å². The number of amides is 2. The van der Waals surface area contributed by atoms with E-state index >= 15 is 0 Å². The molecule has 1 heterocycles. The van der Waals surface area contributed by atoms with Crippen molar-refractivity contribution < 1.29 is 14.7 Å². The second kappa shape index (κ2) is 8.46. The van der Waals surface area contributed by atoms with Crippen LogP contribution >= 0.6 is 11.8 Å². The number of rotatable bonds is 6. The molecule has 0 bridgehead atoms. The summed E-state index contributed by atoms with van der Waals surface area (Å²) in [6, 6.07) is 6.97. The van der Waals surface area contributed by atoms with E-state index in [9.17, 15) is 14.4 Å². The zero-order valence-electron chi connectivity index (χ0n) is 13.1. The van der Waals surface area contributed by atoms with Gasteiger partial charge < -0.3 is 5.11 Å². The van der Waals surface area contributed by atoms with Gasteiger partial charge in [-0.1, -0.05) is 23.9 Å². The number of hydrogen-bond donors (Lipinski definition) is 3. The summed E-state index contributed by atoms with van der Waals surface area (Å²) in [5.41, 5.74) is 4.79. The van der Waals surface area contributed by atoms with Gasteiger partial charge >= 0.3 is 0 Å². The van der Waals surface area contributed by atoms with E-state index in [1.807, 2.05) is 0 Å². The number of para-hydroxylation sites is 1. The molecule has 9 heteroatoms. The number of thioether (sulfide) groups is 1. The highest BCUT2D eigenvalue weighted by Crippen LogP contribution is 2.17. The van der Waals surface area contributed by atoms with E-state index in [1.165, 1.54) is 11.5 Å². The highest BCUT2D eigenvalue weighted by atomic mass is 32.2. The molecule has 0 aliphatic heterocycles. The van der Waals surface area contributed by atoms with E-state index in [4.69, 9.17) is 5.11 Å². The molecule has 2 rings (SSSR count). The lowest BCUT2D eigenvalue weighted by Crippen LogP contribution is -2.41.